The van der Waals surface area contributed by atoms with E-state index in [2.05, 4.69) is 15.0 Å². The van der Waals surface area contributed by atoms with Crippen LogP contribution in [0.25, 0.3) is 11.0 Å². The fraction of sp³-hybridized carbons (Fsp3) is 0.400. The van der Waals surface area contributed by atoms with Gasteiger partial charge in [0.05, 0.1) is 29.9 Å². The van der Waals surface area contributed by atoms with E-state index < -0.39 is 11.2 Å². The van der Waals surface area contributed by atoms with Gasteiger partial charge in [-0.3, -0.25) is 9.97 Å². The fourth-order valence-electron chi connectivity index (χ4n) is 3.22. The second kappa shape index (κ2) is 8.93. The van der Waals surface area contributed by atoms with E-state index in [1.807, 2.05) is 24.3 Å². The van der Waals surface area contributed by atoms with E-state index in [0.29, 0.717) is 23.2 Å². The molecular formula is C20H22N3NaO4S. The summed E-state index contributed by atoms with van der Waals surface area (Å²) in [6, 6.07) is 11.2. The number of para-hydroxylation sites is 2. The van der Waals surface area contributed by atoms with Crippen molar-refractivity contribution >= 4 is 51.8 Å². The molecular weight excluding hydrogens is 401 g/mol. The molecule has 1 aliphatic heterocycles. The molecule has 1 N–H and O–H groups in total. The van der Waals surface area contributed by atoms with Gasteiger partial charge in [-0.05, 0) is 31.0 Å². The van der Waals surface area contributed by atoms with Gasteiger partial charge in [0.1, 0.15) is 12.4 Å². The second-order valence-corrected chi connectivity index (χ2v) is 8.76. The first-order valence-electron chi connectivity index (χ1n) is 9.33. The summed E-state index contributed by atoms with van der Waals surface area (Å²) in [5.41, 5.74) is 2.63. The van der Waals surface area contributed by atoms with Gasteiger partial charge in [-0.25, -0.2) is 0 Å². The van der Waals surface area contributed by atoms with E-state index in [9.17, 15) is 4.55 Å². The van der Waals surface area contributed by atoms with Crippen molar-refractivity contribution in [1.82, 2.24) is 15.0 Å². The van der Waals surface area contributed by atoms with Crippen molar-refractivity contribution in [2.75, 3.05) is 19.8 Å². The maximum Gasteiger partial charge on any atom is 0.322 e. The Bertz CT molecular complexity index is 938. The number of imidazole rings is 1. The molecule has 3 heterocycles. The zero-order chi connectivity index (χ0) is 19.0. The number of benzene rings is 1. The third-order valence-electron chi connectivity index (χ3n) is 5.14. The smallest absolute Gasteiger partial charge is 0.322 e. The largest absolute Gasteiger partial charge is 0.609 e. The topological polar surface area (TPSA) is 92.3 Å². The summed E-state index contributed by atoms with van der Waals surface area (Å²) < 4.78 is 29.9. The number of aromatic nitrogens is 3. The molecule has 2 aliphatic rings. The van der Waals surface area contributed by atoms with Gasteiger partial charge in [-0.1, -0.05) is 12.1 Å². The number of rotatable bonds is 6. The van der Waals surface area contributed by atoms with Crippen LogP contribution >= 0.6 is 0 Å². The van der Waals surface area contributed by atoms with Crippen LogP contribution in [0.1, 0.15) is 18.5 Å². The third-order valence-corrected chi connectivity index (χ3v) is 6.33. The van der Waals surface area contributed by atoms with Crippen LogP contribution in [0.15, 0.2) is 47.8 Å². The van der Waals surface area contributed by atoms with Crippen molar-refractivity contribution in [2.24, 2.45) is 5.41 Å². The summed E-state index contributed by atoms with van der Waals surface area (Å²) in [5, 5.41) is 0.451. The SMILES string of the molecule is [NaH].[O-][S+](Cc1cc(OCC2OCC3(CC3)CO2)ccn1)c1nc2ccccc2[nH]1. The van der Waals surface area contributed by atoms with Gasteiger partial charge in [0.25, 0.3) is 0 Å². The fourth-order valence-corrected chi connectivity index (χ4v) is 4.21. The molecule has 1 saturated carbocycles. The summed E-state index contributed by atoms with van der Waals surface area (Å²) >= 11 is -1.32. The summed E-state index contributed by atoms with van der Waals surface area (Å²) in [5.74, 6) is 0.918. The van der Waals surface area contributed by atoms with E-state index in [1.165, 1.54) is 12.8 Å². The Morgan fingerprint density at radius 3 is 2.76 bits per heavy atom. The maximum atomic E-state index is 12.7. The number of H-pyrrole nitrogens is 1. The van der Waals surface area contributed by atoms with Crippen molar-refractivity contribution in [3.05, 3.63) is 48.3 Å². The molecule has 29 heavy (non-hydrogen) atoms. The van der Waals surface area contributed by atoms with Crippen LogP contribution in [0.3, 0.4) is 0 Å². The van der Waals surface area contributed by atoms with Crippen LogP contribution in [0.5, 0.6) is 5.75 Å². The molecule has 9 heteroatoms. The van der Waals surface area contributed by atoms with Crippen molar-refractivity contribution in [1.29, 1.82) is 0 Å². The molecule has 148 valence electrons. The van der Waals surface area contributed by atoms with Crippen LogP contribution < -0.4 is 4.74 Å². The molecule has 2 aromatic heterocycles. The van der Waals surface area contributed by atoms with Gasteiger partial charge >= 0.3 is 34.7 Å². The zero-order valence-electron chi connectivity index (χ0n) is 15.3. The molecule has 1 aromatic carbocycles. The minimum absolute atomic E-state index is 0. The van der Waals surface area contributed by atoms with Gasteiger partial charge in [0, 0.05) is 28.9 Å². The Morgan fingerprint density at radius 2 is 2.00 bits per heavy atom. The first-order valence-corrected chi connectivity index (χ1v) is 10.7. The van der Waals surface area contributed by atoms with Crippen LogP contribution in [0.2, 0.25) is 0 Å². The zero-order valence-corrected chi connectivity index (χ0v) is 16.1. The first kappa shape index (κ1) is 21.1. The normalized spacial score (nSPS) is 19.1. The number of hydrogen-bond donors (Lipinski definition) is 1. The molecule has 1 unspecified atom stereocenters. The molecule has 1 spiro atoms. The standard InChI is InChI=1S/C20H21N3O4S.Na.H/c24-28(19-22-16-3-1-2-4-17(16)23-19)11-14-9-15(5-8-21-14)25-10-18-26-12-20(6-7-20)13-27-18;;/h1-5,8-9,18H,6-7,10-13H2,(H,22,23);;. The van der Waals surface area contributed by atoms with Crippen LogP contribution in [0, 0.1) is 5.41 Å². The summed E-state index contributed by atoms with van der Waals surface area (Å²) in [4.78, 5) is 11.8. The Kier molecular flexibility index (Phi) is 6.50. The molecule has 1 saturated heterocycles. The monoisotopic (exact) mass is 423 g/mol. The number of nitrogens with one attached hydrogen (secondary N) is 1. The van der Waals surface area contributed by atoms with Gasteiger partial charge < -0.3 is 18.8 Å². The molecule has 0 radical (unpaired) electrons. The number of hydrogen-bond acceptors (Lipinski definition) is 6. The third kappa shape index (κ3) is 4.96. The quantitative estimate of drug-likeness (QED) is 0.483. The summed E-state index contributed by atoms with van der Waals surface area (Å²) in [6.07, 6.45) is 3.70. The van der Waals surface area contributed by atoms with E-state index in [4.69, 9.17) is 14.2 Å². The number of fused-ring (bicyclic) bond motifs is 1. The predicted octanol–water partition coefficient (Wildman–Crippen LogP) is 2.15. The molecule has 1 atom stereocenters. The molecule has 5 rings (SSSR count). The van der Waals surface area contributed by atoms with Gasteiger partial charge in [-0.2, -0.15) is 4.98 Å². The molecule has 3 aromatic rings. The molecule has 0 bridgehead atoms. The number of nitrogens with zero attached hydrogens (tertiary/aromatic N) is 2. The average molecular weight is 423 g/mol. The molecule has 0 amide bonds. The Labute approximate surface area is 194 Å². The van der Waals surface area contributed by atoms with Gasteiger partial charge in [0.2, 0.25) is 0 Å². The van der Waals surface area contributed by atoms with E-state index in [1.54, 1.807) is 18.3 Å². The number of pyridine rings is 1. The van der Waals surface area contributed by atoms with E-state index in [-0.39, 0.29) is 47.0 Å². The molecule has 7 nitrogen and oxygen atoms in total. The molecule has 2 fully saturated rings. The predicted molar refractivity (Wildman–Crippen MR) is 110 cm³/mol. The number of aromatic amines is 1. The minimum atomic E-state index is -1.32. The minimum Gasteiger partial charge on any atom is -0.609 e. The summed E-state index contributed by atoms with van der Waals surface area (Å²) in [7, 11) is 0. The van der Waals surface area contributed by atoms with E-state index in [0.717, 1.165) is 24.2 Å². The van der Waals surface area contributed by atoms with Crippen LogP contribution in [-0.2, 0) is 26.4 Å². The Morgan fingerprint density at radius 1 is 1.21 bits per heavy atom. The van der Waals surface area contributed by atoms with Crippen molar-refractivity contribution in [3.63, 3.8) is 0 Å². The summed E-state index contributed by atoms with van der Waals surface area (Å²) in [6.45, 7) is 1.82. The molecule has 1 aliphatic carbocycles. The van der Waals surface area contributed by atoms with Crippen molar-refractivity contribution in [3.8, 4) is 5.75 Å². The average Bonchev–Trinajstić information content (AvgIpc) is 3.32. The van der Waals surface area contributed by atoms with Gasteiger partial charge in [-0.15, -0.1) is 0 Å². The van der Waals surface area contributed by atoms with E-state index >= 15 is 0 Å². The number of ether oxygens (including phenoxy) is 3. The Hall–Kier alpha value is -1.13. The maximum absolute atomic E-state index is 12.7. The second-order valence-electron chi connectivity index (χ2n) is 7.39. The van der Waals surface area contributed by atoms with Gasteiger partial charge in [0.15, 0.2) is 12.0 Å². The van der Waals surface area contributed by atoms with Crippen LogP contribution in [0.4, 0.5) is 0 Å². The van der Waals surface area contributed by atoms with Crippen molar-refractivity contribution in [2.45, 2.75) is 30.0 Å². The van der Waals surface area contributed by atoms with Crippen molar-refractivity contribution < 1.29 is 18.8 Å². The van der Waals surface area contributed by atoms with Crippen LogP contribution in [-0.4, -0.2) is 75.2 Å². The first-order chi connectivity index (χ1) is 13.7. The Balaban J connectivity index is 0.00000205.